The quantitative estimate of drug-likeness (QED) is 0.779. The molecule has 1 aromatic carbocycles. The van der Waals surface area contributed by atoms with Crippen molar-refractivity contribution in [3.05, 3.63) is 42.3 Å². The van der Waals surface area contributed by atoms with Gasteiger partial charge >= 0.3 is 6.03 Å². The molecule has 29 heavy (non-hydrogen) atoms. The number of rotatable bonds is 2. The van der Waals surface area contributed by atoms with E-state index >= 15 is 0 Å². The van der Waals surface area contributed by atoms with E-state index in [9.17, 15) is 9.18 Å². The summed E-state index contributed by atoms with van der Waals surface area (Å²) in [5.41, 5.74) is 0.894. The Balaban J connectivity index is 1.25. The van der Waals surface area contributed by atoms with Crippen LogP contribution in [0, 0.1) is 11.2 Å². The predicted molar refractivity (Wildman–Crippen MR) is 106 cm³/mol. The van der Waals surface area contributed by atoms with Crippen molar-refractivity contribution in [1.82, 2.24) is 9.88 Å². The molecule has 0 radical (unpaired) electrons. The van der Waals surface area contributed by atoms with Crippen LogP contribution in [0.1, 0.15) is 6.92 Å². The molecule has 2 fully saturated rings. The number of benzene rings is 1. The van der Waals surface area contributed by atoms with Gasteiger partial charge in [0.2, 0.25) is 0 Å². The molecule has 1 spiro atoms. The van der Waals surface area contributed by atoms with Crippen molar-refractivity contribution in [3.63, 3.8) is 0 Å². The predicted octanol–water partition coefficient (Wildman–Crippen LogP) is 2.76. The van der Waals surface area contributed by atoms with Crippen LogP contribution in [-0.4, -0.2) is 61.9 Å². The highest BCUT2D eigenvalue weighted by atomic mass is 19.1. The summed E-state index contributed by atoms with van der Waals surface area (Å²) in [6.07, 6.45) is 1.24. The first-order valence-electron chi connectivity index (χ1n) is 9.73. The maximum atomic E-state index is 13.2. The first kappa shape index (κ1) is 18.0. The van der Waals surface area contributed by atoms with E-state index in [1.54, 1.807) is 13.2 Å². The first-order valence-corrected chi connectivity index (χ1v) is 9.73. The molecular formula is C21H23FN4O3. The van der Waals surface area contributed by atoms with Crippen molar-refractivity contribution in [2.75, 3.05) is 49.7 Å². The summed E-state index contributed by atoms with van der Waals surface area (Å²) >= 11 is 0. The Morgan fingerprint density at radius 3 is 2.72 bits per heavy atom. The van der Waals surface area contributed by atoms with Crippen LogP contribution >= 0.6 is 0 Å². The number of halogens is 1. The summed E-state index contributed by atoms with van der Waals surface area (Å²) in [7, 11) is 1.61. The molecule has 8 heteroatoms. The van der Waals surface area contributed by atoms with Gasteiger partial charge in [0.15, 0.2) is 0 Å². The highest BCUT2D eigenvalue weighted by Crippen LogP contribution is 2.43. The van der Waals surface area contributed by atoms with Gasteiger partial charge in [0, 0.05) is 37.7 Å². The van der Waals surface area contributed by atoms with Crippen molar-refractivity contribution in [2.24, 2.45) is 5.41 Å². The topological polar surface area (TPSA) is 58.1 Å². The number of likely N-dealkylation sites (tertiary alicyclic amines) is 1. The maximum absolute atomic E-state index is 13.2. The smallest absolute Gasteiger partial charge is 0.325 e. The van der Waals surface area contributed by atoms with E-state index in [2.05, 4.69) is 9.88 Å². The number of anilines is 2. The average Bonchev–Trinajstić information content (AvgIpc) is 2.66. The number of amides is 2. The van der Waals surface area contributed by atoms with Crippen LogP contribution < -0.4 is 19.3 Å². The van der Waals surface area contributed by atoms with Crippen LogP contribution in [-0.2, 0) is 0 Å². The molecular weight excluding hydrogens is 375 g/mol. The summed E-state index contributed by atoms with van der Waals surface area (Å²) in [6, 6.07) is 8.64. The van der Waals surface area contributed by atoms with Crippen LogP contribution in [0.3, 0.4) is 0 Å². The number of fused-ring (bicyclic) bond motifs is 1. The monoisotopic (exact) mass is 398 g/mol. The van der Waals surface area contributed by atoms with Gasteiger partial charge in [-0.1, -0.05) is 0 Å². The number of carbonyl (C=O) groups is 1. The normalized spacial score (nSPS) is 21.8. The lowest BCUT2D eigenvalue weighted by Crippen LogP contribution is -2.74. The number of hydrogen-bond donors (Lipinski definition) is 0. The fourth-order valence-electron chi connectivity index (χ4n) is 4.48. The van der Waals surface area contributed by atoms with Crippen molar-refractivity contribution in [2.45, 2.75) is 13.0 Å². The van der Waals surface area contributed by atoms with Crippen LogP contribution in [0.15, 0.2) is 36.5 Å². The molecule has 3 aliphatic heterocycles. The van der Waals surface area contributed by atoms with Gasteiger partial charge in [0.25, 0.3) is 0 Å². The van der Waals surface area contributed by atoms with Crippen LogP contribution in [0.2, 0.25) is 0 Å². The maximum Gasteiger partial charge on any atom is 0.325 e. The van der Waals surface area contributed by atoms with Crippen LogP contribution in [0.25, 0.3) is 0 Å². The minimum absolute atomic E-state index is 0.0104. The van der Waals surface area contributed by atoms with Crippen molar-refractivity contribution in [3.8, 4) is 11.5 Å². The van der Waals surface area contributed by atoms with E-state index in [1.807, 2.05) is 34.9 Å². The van der Waals surface area contributed by atoms with Crippen molar-refractivity contribution < 1.29 is 18.7 Å². The third-order valence-corrected chi connectivity index (χ3v) is 5.96. The number of aromatic nitrogens is 1. The Hall–Kier alpha value is -3.03. The second-order valence-corrected chi connectivity index (χ2v) is 8.19. The fraction of sp³-hybridized carbons (Fsp3) is 0.429. The number of ether oxygens (including phenoxy) is 2. The molecule has 0 saturated carbocycles. The molecule has 5 rings (SSSR count). The van der Waals surface area contributed by atoms with Gasteiger partial charge in [-0.25, -0.2) is 14.2 Å². The Labute approximate surface area is 168 Å². The van der Waals surface area contributed by atoms with Gasteiger partial charge in [-0.15, -0.1) is 0 Å². The molecule has 0 N–H and O–H groups in total. The van der Waals surface area contributed by atoms with E-state index in [4.69, 9.17) is 9.47 Å². The number of pyridine rings is 1. The molecule has 0 aliphatic carbocycles. The number of carbonyl (C=O) groups excluding carboxylic acids is 1. The van der Waals surface area contributed by atoms with Gasteiger partial charge in [0.05, 0.1) is 25.0 Å². The van der Waals surface area contributed by atoms with Crippen molar-refractivity contribution in [1.29, 1.82) is 0 Å². The summed E-state index contributed by atoms with van der Waals surface area (Å²) in [6.45, 7) is 5.56. The number of methoxy groups -OCH3 is 1. The SMILES string of the molecule is COc1ccc2c(c1)OCC(C)N2C(=O)N1CC2(C1)CN(c1ccc(F)cn1)C2. The number of hydrogen-bond acceptors (Lipinski definition) is 5. The highest BCUT2D eigenvalue weighted by Gasteiger charge is 2.54. The lowest BCUT2D eigenvalue weighted by Gasteiger charge is -2.61. The molecule has 2 aromatic rings. The largest absolute Gasteiger partial charge is 0.497 e. The second kappa shape index (κ2) is 6.50. The molecule has 2 amide bonds. The number of urea groups is 1. The summed E-state index contributed by atoms with van der Waals surface area (Å²) < 4.78 is 24.1. The Morgan fingerprint density at radius 1 is 1.24 bits per heavy atom. The lowest BCUT2D eigenvalue weighted by molar-refractivity contribution is 0.00857. The molecule has 1 aromatic heterocycles. The molecule has 7 nitrogen and oxygen atoms in total. The van der Waals surface area contributed by atoms with E-state index in [-0.39, 0.29) is 23.3 Å². The van der Waals surface area contributed by atoms with E-state index < -0.39 is 0 Å². The molecule has 4 heterocycles. The van der Waals surface area contributed by atoms with Gasteiger partial charge in [-0.05, 0) is 31.2 Å². The molecule has 2 saturated heterocycles. The fourth-order valence-corrected chi connectivity index (χ4v) is 4.48. The number of nitrogens with zero attached hydrogens (tertiary/aromatic N) is 4. The summed E-state index contributed by atoms with van der Waals surface area (Å²) in [5.74, 6) is 1.83. The molecule has 3 aliphatic rings. The third kappa shape index (κ3) is 2.94. The van der Waals surface area contributed by atoms with Gasteiger partial charge in [0.1, 0.15) is 29.7 Å². The lowest BCUT2D eigenvalue weighted by atomic mass is 9.73. The average molecular weight is 398 g/mol. The van der Waals surface area contributed by atoms with E-state index in [0.717, 1.165) is 37.7 Å². The van der Waals surface area contributed by atoms with Crippen molar-refractivity contribution >= 4 is 17.5 Å². The Bertz CT molecular complexity index is 937. The van der Waals surface area contributed by atoms with Crippen LogP contribution in [0.5, 0.6) is 11.5 Å². The highest BCUT2D eigenvalue weighted by molar-refractivity contribution is 5.95. The standard InChI is InChI=1S/C21H23FN4O3/c1-14-9-29-18-7-16(28-2)4-5-17(18)26(14)20(27)25-12-21(13-25)10-24(11-21)19-6-3-15(22)8-23-19/h3-8,14H,9-13H2,1-2H3. The molecule has 1 atom stereocenters. The molecule has 0 bridgehead atoms. The zero-order valence-electron chi connectivity index (χ0n) is 16.5. The van der Waals surface area contributed by atoms with Gasteiger partial charge in [-0.2, -0.15) is 0 Å². The summed E-state index contributed by atoms with van der Waals surface area (Å²) in [5, 5.41) is 0. The second-order valence-electron chi connectivity index (χ2n) is 8.19. The zero-order valence-corrected chi connectivity index (χ0v) is 16.5. The molecule has 1 unspecified atom stereocenters. The third-order valence-electron chi connectivity index (χ3n) is 5.96. The Morgan fingerprint density at radius 2 is 2.03 bits per heavy atom. The van der Waals surface area contributed by atoms with E-state index in [0.29, 0.717) is 18.1 Å². The summed E-state index contributed by atoms with van der Waals surface area (Å²) in [4.78, 5) is 23.2. The molecule has 152 valence electrons. The first-order chi connectivity index (χ1) is 14.0. The van der Waals surface area contributed by atoms with Crippen LogP contribution in [0.4, 0.5) is 20.7 Å². The minimum atomic E-state index is -0.332. The zero-order chi connectivity index (χ0) is 20.2. The minimum Gasteiger partial charge on any atom is -0.497 e. The van der Waals surface area contributed by atoms with Gasteiger partial charge in [-0.3, -0.25) is 4.90 Å². The van der Waals surface area contributed by atoms with E-state index in [1.165, 1.54) is 12.3 Å². The Kier molecular flexibility index (Phi) is 4.04. The van der Waals surface area contributed by atoms with Gasteiger partial charge < -0.3 is 19.3 Å².